The highest BCUT2D eigenvalue weighted by molar-refractivity contribution is 6.01. The second-order valence-corrected chi connectivity index (χ2v) is 7.61. The summed E-state index contributed by atoms with van der Waals surface area (Å²) in [5, 5.41) is 0. The van der Waals surface area contributed by atoms with Crippen molar-refractivity contribution >= 4 is 11.9 Å². The number of nitrogens with zero attached hydrogens (tertiary/aromatic N) is 2. The highest BCUT2D eigenvalue weighted by Crippen LogP contribution is 2.33. The molecule has 5 nitrogen and oxygen atoms in total. The first-order valence-electron chi connectivity index (χ1n) is 8.41. The topological polar surface area (TPSA) is 49.9 Å². The Bertz CT molecular complexity index is 708. The van der Waals surface area contributed by atoms with Gasteiger partial charge < -0.3 is 14.5 Å². The summed E-state index contributed by atoms with van der Waals surface area (Å²) in [6, 6.07) is 6.13. The van der Waals surface area contributed by atoms with Crippen LogP contribution in [-0.4, -0.2) is 52.5 Å². The molecule has 0 N–H and O–H groups in total. The highest BCUT2D eigenvalue weighted by Gasteiger charge is 2.50. The number of ketones is 1. The minimum absolute atomic E-state index is 0.0370. The van der Waals surface area contributed by atoms with Gasteiger partial charge in [-0.25, -0.2) is 9.18 Å². The Kier molecular flexibility index (Phi) is 4.31. The minimum atomic E-state index is -0.840. The van der Waals surface area contributed by atoms with Crippen molar-refractivity contribution in [3.8, 4) is 0 Å². The lowest BCUT2D eigenvalue weighted by Crippen LogP contribution is -2.64. The summed E-state index contributed by atoms with van der Waals surface area (Å²) in [6.07, 6.45) is 3.35. The lowest BCUT2D eigenvalue weighted by molar-refractivity contribution is -0.125. The maximum atomic E-state index is 13.2. The highest BCUT2D eigenvalue weighted by atomic mass is 19.1. The molecule has 1 saturated heterocycles. The van der Waals surface area contributed by atoms with Crippen LogP contribution in [0.2, 0.25) is 0 Å². The molecule has 0 spiro atoms. The van der Waals surface area contributed by atoms with Crippen LogP contribution in [0.1, 0.15) is 26.3 Å². The molecule has 1 atom stereocenters. The molecule has 6 heteroatoms. The van der Waals surface area contributed by atoms with Gasteiger partial charge in [0.25, 0.3) is 0 Å². The van der Waals surface area contributed by atoms with Gasteiger partial charge in [0, 0.05) is 25.7 Å². The molecule has 0 bridgehead atoms. The molecule has 0 aliphatic carbocycles. The normalized spacial score (nSPS) is 23.0. The number of fused-ring (bicyclic) bond motifs is 1. The smallest absolute Gasteiger partial charge is 0.410 e. The van der Waals surface area contributed by atoms with Crippen LogP contribution in [0.4, 0.5) is 9.18 Å². The number of carbonyl (C=O) groups is 2. The van der Waals surface area contributed by atoms with Gasteiger partial charge in [0.05, 0.1) is 6.54 Å². The summed E-state index contributed by atoms with van der Waals surface area (Å²) in [5.74, 6) is -0.349. The third-order valence-corrected chi connectivity index (χ3v) is 4.54. The van der Waals surface area contributed by atoms with Crippen molar-refractivity contribution < 1.29 is 18.7 Å². The van der Waals surface area contributed by atoms with Crippen LogP contribution in [-0.2, 0) is 16.0 Å². The number of carbonyl (C=O) groups excluding carboxylic acids is 2. The summed E-state index contributed by atoms with van der Waals surface area (Å²) in [6.45, 7) is 6.76. The molecule has 1 unspecified atom stereocenters. The van der Waals surface area contributed by atoms with E-state index in [1.54, 1.807) is 29.3 Å². The maximum absolute atomic E-state index is 13.2. The van der Waals surface area contributed by atoms with Gasteiger partial charge in [0.1, 0.15) is 17.0 Å². The molecule has 2 aliphatic rings. The summed E-state index contributed by atoms with van der Waals surface area (Å²) in [4.78, 5) is 28.7. The molecule has 1 fully saturated rings. The van der Waals surface area contributed by atoms with E-state index in [0.29, 0.717) is 19.5 Å². The molecule has 2 aliphatic heterocycles. The first kappa shape index (κ1) is 17.5. The van der Waals surface area contributed by atoms with Gasteiger partial charge in [-0.15, -0.1) is 0 Å². The molecule has 134 valence electrons. The molecule has 1 amide bonds. The number of hydrogen-bond acceptors (Lipinski definition) is 4. The lowest BCUT2D eigenvalue weighted by atomic mass is 9.85. The monoisotopic (exact) mass is 346 g/mol. The number of piperazine rings is 1. The maximum Gasteiger partial charge on any atom is 0.410 e. The van der Waals surface area contributed by atoms with Gasteiger partial charge in [-0.1, -0.05) is 12.1 Å². The third-order valence-electron chi connectivity index (χ3n) is 4.54. The molecule has 2 heterocycles. The van der Waals surface area contributed by atoms with Gasteiger partial charge in [-0.2, -0.15) is 0 Å². The fourth-order valence-electron chi connectivity index (χ4n) is 3.34. The zero-order chi connectivity index (χ0) is 18.2. The Morgan fingerprint density at radius 1 is 1.24 bits per heavy atom. The van der Waals surface area contributed by atoms with Crippen LogP contribution >= 0.6 is 0 Å². The first-order valence-corrected chi connectivity index (χ1v) is 8.41. The molecule has 3 rings (SSSR count). The van der Waals surface area contributed by atoms with Gasteiger partial charge in [-0.3, -0.25) is 4.79 Å². The minimum Gasteiger partial charge on any atom is -0.444 e. The van der Waals surface area contributed by atoms with E-state index < -0.39 is 17.2 Å². The van der Waals surface area contributed by atoms with Crippen molar-refractivity contribution in [2.24, 2.45) is 0 Å². The van der Waals surface area contributed by atoms with Crippen LogP contribution in [0.3, 0.4) is 0 Å². The molecule has 0 radical (unpaired) electrons. The number of halogens is 1. The Hall–Kier alpha value is -2.37. The molecule has 1 aromatic carbocycles. The Morgan fingerprint density at radius 3 is 2.56 bits per heavy atom. The average Bonchev–Trinajstić information content (AvgIpc) is 2.84. The van der Waals surface area contributed by atoms with E-state index >= 15 is 0 Å². The summed E-state index contributed by atoms with van der Waals surface area (Å²) < 4.78 is 18.6. The summed E-state index contributed by atoms with van der Waals surface area (Å²) in [7, 11) is 0. The van der Waals surface area contributed by atoms with E-state index in [2.05, 4.69) is 0 Å². The van der Waals surface area contributed by atoms with Crippen molar-refractivity contribution in [1.29, 1.82) is 0 Å². The fraction of sp³-hybridized carbons (Fsp3) is 0.474. The lowest BCUT2D eigenvalue weighted by Gasteiger charge is -2.46. The van der Waals surface area contributed by atoms with Crippen LogP contribution in [0.5, 0.6) is 0 Å². The molecule has 0 saturated carbocycles. The quantitative estimate of drug-likeness (QED) is 0.826. The summed E-state index contributed by atoms with van der Waals surface area (Å²) >= 11 is 0. The predicted molar refractivity (Wildman–Crippen MR) is 91.5 cm³/mol. The number of ether oxygens (including phenoxy) is 1. The van der Waals surface area contributed by atoms with Crippen LogP contribution in [0.25, 0.3) is 0 Å². The SMILES string of the molecule is CC(C)(C)OC(=O)N1CCN2C=CC(=O)C2(Cc2ccc(F)cc2)C1. The number of benzene rings is 1. The second kappa shape index (κ2) is 6.17. The number of hydrogen-bond donors (Lipinski definition) is 0. The van der Waals surface area contributed by atoms with Gasteiger partial charge in [-0.05, 0) is 44.5 Å². The van der Waals surface area contributed by atoms with E-state index in [0.717, 1.165) is 5.56 Å². The van der Waals surface area contributed by atoms with Crippen molar-refractivity contribution in [2.75, 3.05) is 19.6 Å². The van der Waals surface area contributed by atoms with E-state index in [1.807, 2.05) is 25.7 Å². The van der Waals surface area contributed by atoms with E-state index in [-0.39, 0.29) is 18.1 Å². The predicted octanol–water partition coefficient (Wildman–Crippen LogP) is 2.76. The van der Waals surface area contributed by atoms with Crippen molar-refractivity contribution in [3.63, 3.8) is 0 Å². The standard InChI is InChI=1S/C19H23FN2O3/c1-18(2,3)25-17(24)21-10-11-22-9-8-16(23)19(22,13-21)12-14-4-6-15(20)7-5-14/h4-9H,10-13H2,1-3H3. The van der Waals surface area contributed by atoms with Crippen molar-refractivity contribution in [3.05, 3.63) is 47.9 Å². The molecule has 0 aromatic heterocycles. The van der Waals surface area contributed by atoms with Crippen molar-refractivity contribution in [2.45, 2.75) is 38.3 Å². The van der Waals surface area contributed by atoms with E-state index in [4.69, 9.17) is 4.74 Å². The first-order chi connectivity index (χ1) is 11.7. The van der Waals surface area contributed by atoms with Gasteiger partial charge >= 0.3 is 6.09 Å². The van der Waals surface area contributed by atoms with Gasteiger partial charge in [0.2, 0.25) is 0 Å². The molecule has 1 aromatic rings. The number of rotatable bonds is 2. The number of amides is 1. The van der Waals surface area contributed by atoms with Gasteiger partial charge in [0.15, 0.2) is 5.78 Å². The fourth-order valence-corrected chi connectivity index (χ4v) is 3.34. The largest absolute Gasteiger partial charge is 0.444 e. The third kappa shape index (κ3) is 3.52. The Morgan fingerprint density at radius 2 is 1.92 bits per heavy atom. The van der Waals surface area contributed by atoms with Crippen LogP contribution < -0.4 is 0 Å². The summed E-state index contributed by atoms with van der Waals surface area (Å²) in [5.41, 5.74) is -0.571. The van der Waals surface area contributed by atoms with Crippen LogP contribution in [0.15, 0.2) is 36.5 Å². The second-order valence-electron chi connectivity index (χ2n) is 7.61. The van der Waals surface area contributed by atoms with Crippen LogP contribution in [0, 0.1) is 5.82 Å². The van der Waals surface area contributed by atoms with E-state index in [9.17, 15) is 14.0 Å². The van der Waals surface area contributed by atoms with Crippen molar-refractivity contribution in [1.82, 2.24) is 9.80 Å². The van der Waals surface area contributed by atoms with E-state index in [1.165, 1.54) is 12.1 Å². The Labute approximate surface area is 147 Å². The molecular formula is C19H23FN2O3. The molecule has 25 heavy (non-hydrogen) atoms. The Balaban J connectivity index is 1.83. The average molecular weight is 346 g/mol. The zero-order valence-electron chi connectivity index (χ0n) is 14.8. The zero-order valence-corrected chi connectivity index (χ0v) is 14.8. The molecular weight excluding hydrogens is 323 g/mol.